The Balaban J connectivity index is 1.68. The van der Waals surface area contributed by atoms with Crippen LogP contribution in [0.4, 0.5) is 5.82 Å². The summed E-state index contributed by atoms with van der Waals surface area (Å²) in [4.78, 5) is 13.7. The van der Waals surface area contributed by atoms with E-state index in [2.05, 4.69) is 36.3 Å². The summed E-state index contributed by atoms with van der Waals surface area (Å²) in [5.74, 6) is 1.29. The average molecular weight is 359 g/mol. The van der Waals surface area contributed by atoms with Gasteiger partial charge in [0, 0.05) is 34.4 Å². The lowest BCUT2D eigenvalue weighted by atomic mass is 9.92. The topological polar surface area (TPSA) is 67.0 Å². The maximum Gasteiger partial charge on any atom is 0.257 e. The van der Waals surface area contributed by atoms with E-state index in [0.717, 1.165) is 35.8 Å². The van der Waals surface area contributed by atoms with Gasteiger partial charge in [0.25, 0.3) is 5.91 Å². The number of H-pyrrole nitrogens is 1. The third-order valence-electron chi connectivity index (χ3n) is 4.21. The molecule has 0 aliphatic carbocycles. The van der Waals surface area contributed by atoms with E-state index in [1.807, 2.05) is 30.3 Å². The van der Waals surface area contributed by atoms with E-state index >= 15 is 0 Å². The van der Waals surface area contributed by atoms with Crippen LogP contribution in [-0.4, -0.2) is 34.6 Å². The largest absolute Gasteiger partial charge is 0.377 e. The van der Waals surface area contributed by atoms with Crippen LogP contribution in [0.15, 0.2) is 35.2 Å². The van der Waals surface area contributed by atoms with Gasteiger partial charge in [-0.25, -0.2) is 0 Å². The van der Waals surface area contributed by atoms with Gasteiger partial charge in [-0.05, 0) is 25.0 Å². The summed E-state index contributed by atoms with van der Waals surface area (Å²) in [5, 5.41) is 10.1. The molecule has 1 aliphatic rings. The van der Waals surface area contributed by atoms with Gasteiger partial charge in [0.1, 0.15) is 0 Å². The van der Waals surface area contributed by atoms with Crippen molar-refractivity contribution in [2.75, 3.05) is 17.7 Å². The molecular weight excluding hydrogens is 334 g/mol. The molecule has 1 aliphatic heterocycles. The van der Waals surface area contributed by atoms with Crippen LogP contribution < -0.4 is 5.32 Å². The molecule has 0 saturated carbocycles. The van der Waals surface area contributed by atoms with Gasteiger partial charge in [-0.15, -0.1) is 11.8 Å². The van der Waals surface area contributed by atoms with Gasteiger partial charge in [0.15, 0.2) is 5.82 Å². The summed E-state index contributed by atoms with van der Waals surface area (Å²) in [7, 11) is 0. The fourth-order valence-electron chi connectivity index (χ4n) is 2.69. The number of nitrogens with zero attached hydrogens (tertiary/aromatic N) is 1. The number of thioether (sulfide) groups is 1. The fraction of sp³-hybridized carbons (Fsp3) is 0.474. The van der Waals surface area contributed by atoms with Crippen molar-refractivity contribution in [3.8, 4) is 0 Å². The van der Waals surface area contributed by atoms with E-state index in [1.165, 1.54) is 0 Å². The Morgan fingerprint density at radius 1 is 1.40 bits per heavy atom. The molecule has 0 radical (unpaired) electrons. The van der Waals surface area contributed by atoms with Crippen molar-refractivity contribution in [3.63, 3.8) is 0 Å². The van der Waals surface area contributed by atoms with Crippen LogP contribution in [0, 0.1) is 0 Å². The zero-order valence-electron chi connectivity index (χ0n) is 15.0. The van der Waals surface area contributed by atoms with Crippen LogP contribution in [0.5, 0.6) is 0 Å². The van der Waals surface area contributed by atoms with E-state index in [9.17, 15) is 4.79 Å². The van der Waals surface area contributed by atoms with E-state index in [-0.39, 0.29) is 11.3 Å². The quantitative estimate of drug-likeness (QED) is 0.784. The van der Waals surface area contributed by atoms with Gasteiger partial charge in [-0.3, -0.25) is 9.89 Å². The van der Waals surface area contributed by atoms with Crippen molar-refractivity contribution < 1.29 is 9.53 Å². The number of ether oxygens (including phenoxy) is 1. The smallest absolute Gasteiger partial charge is 0.257 e. The first kappa shape index (κ1) is 18.0. The van der Waals surface area contributed by atoms with Crippen LogP contribution in [0.25, 0.3) is 0 Å². The lowest BCUT2D eigenvalue weighted by Crippen LogP contribution is -2.14. The van der Waals surface area contributed by atoms with Crippen molar-refractivity contribution in [1.82, 2.24) is 10.2 Å². The van der Waals surface area contributed by atoms with Crippen LogP contribution in [0.3, 0.4) is 0 Å². The highest BCUT2D eigenvalue weighted by Gasteiger charge is 2.20. The van der Waals surface area contributed by atoms with E-state index in [0.29, 0.717) is 17.5 Å². The SMILES string of the molecule is CC(C)(C)c1cc(NC(=O)c2ccccc2SCC2CCCO2)n[nH]1. The normalized spacial score (nSPS) is 17.6. The first-order chi connectivity index (χ1) is 11.9. The minimum Gasteiger partial charge on any atom is -0.377 e. The average Bonchev–Trinajstić information content (AvgIpc) is 3.24. The second kappa shape index (κ2) is 7.62. The second-order valence-electron chi connectivity index (χ2n) is 7.31. The Morgan fingerprint density at radius 2 is 2.20 bits per heavy atom. The predicted molar refractivity (Wildman–Crippen MR) is 101 cm³/mol. The number of anilines is 1. The maximum absolute atomic E-state index is 12.7. The van der Waals surface area contributed by atoms with Gasteiger partial charge < -0.3 is 10.1 Å². The summed E-state index contributed by atoms with van der Waals surface area (Å²) < 4.78 is 5.67. The Morgan fingerprint density at radius 3 is 2.88 bits per heavy atom. The number of nitrogens with one attached hydrogen (secondary N) is 2. The molecule has 1 aromatic carbocycles. The van der Waals surface area contributed by atoms with Gasteiger partial charge >= 0.3 is 0 Å². The molecule has 1 amide bonds. The summed E-state index contributed by atoms with van der Waals surface area (Å²) >= 11 is 1.68. The number of carbonyl (C=O) groups excluding carboxylic acids is 1. The van der Waals surface area contributed by atoms with E-state index < -0.39 is 0 Å². The van der Waals surface area contributed by atoms with Gasteiger partial charge in [0.05, 0.1) is 11.7 Å². The summed E-state index contributed by atoms with van der Waals surface area (Å²) in [6, 6.07) is 9.57. The standard InChI is InChI=1S/C19H25N3O2S/c1-19(2,3)16-11-17(22-21-16)20-18(23)14-8-4-5-9-15(14)25-12-13-7-6-10-24-13/h4-5,8-9,11,13H,6-7,10,12H2,1-3H3,(H2,20,21,22,23). The number of aromatic nitrogens is 2. The number of amides is 1. The Bertz CT molecular complexity index is 730. The Hall–Kier alpha value is -1.79. The highest BCUT2D eigenvalue weighted by atomic mass is 32.2. The lowest BCUT2D eigenvalue weighted by molar-refractivity contribution is 0.102. The second-order valence-corrected chi connectivity index (χ2v) is 8.38. The molecule has 1 fully saturated rings. The third-order valence-corrected chi connectivity index (χ3v) is 5.41. The van der Waals surface area contributed by atoms with Gasteiger partial charge in [-0.2, -0.15) is 5.10 Å². The molecule has 2 aromatic rings. The molecule has 6 heteroatoms. The number of aromatic amines is 1. The molecule has 25 heavy (non-hydrogen) atoms. The summed E-state index contributed by atoms with van der Waals surface area (Å²) in [6.45, 7) is 7.15. The maximum atomic E-state index is 12.7. The van der Waals surface area contributed by atoms with Crippen molar-refractivity contribution in [2.45, 2.75) is 50.0 Å². The molecule has 2 heterocycles. The predicted octanol–water partition coefficient (Wildman–Crippen LogP) is 4.23. The number of hydrogen-bond donors (Lipinski definition) is 2. The van der Waals surface area contributed by atoms with Gasteiger partial charge in [-0.1, -0.05) is 32.9 Å². The molecule has 1 aromatic heterocycles. The van der Waals surface area contributed by atoms with Crippen molar-refractivity contribution in [1.29, 1.82) is 0 Å². The van der Waals surface area contributed by atoms with Crippen molar-refractivity contribution in [2.24, 2.45) is 0 Å². The highest BCUT2D eigenvalue weighted by molar-refractivity contribution is 7.99. The Kier molecular flexibility index (Phi) is 5.49. The minimum absolute atomic E-state index is 0.0367. The van der Waals surface area contributed by atoms with Crippen molar-refractivity contribution in [3.05, 3.63) is 41.6 Å². The monoisotopic (exact) mass is 359 g/mol. The van der Waals surface area contributed by atoms with Gasteiger partial charge in [0.2, 0.25) is 0 Å². The zero-order chi connectivity index (χ0) is 17.9. The third kappa shape index (κ3) is 4.64. The number of hydrogen-bond acceptors (Lipinski definition) is 4. The summed E-state index contributed by atoms with van der Waals surface area (Å²) in [6.07, 6.45) is 2.52. The first-order valence-electron chi connectivity index (χ1n) is 8.64. The van der Waals surface area contributed by atoms with Crippen LogP contribution in [0.1, 0.15) is 49.7 Å². The molecule has 1 unspecified atom stereocenters. The van der Waals surface area contributed by atoms with Crippen LogP contribution in [-0.2, 0) is 10.2 Å². The molecule has 3 rings (SSSR count). The number of benzene rings is 1. The molecule has 134 valence electrons. The zero-order valence-corrected chi connectivity index (χ0v) is 15.8. The molecular formula is C19H25N3O2S. The molecule has 0 spiro atoms. The minimum atomic E-state index is -0.137. The molecule has 1 saturated heterocycles. The molecule has 5 nitrogen and oxygen atoms in total. The first-order valence-corrected chi connectivity index (χ1v) is 9.63. The van der Waals surface area contributed by atoms with Crippen molar-refractivity contribution >= 4 is 23.5 Å². The van der Waals surface area contributed by atoms with Crippen LogP contribution >= 0.6 is 11.8 Å². The highest BCUT2D eigenvalue weighted by Crippen LogP contribution is 2.28. The summed E-state index contributed by atoms with van der Waals surface area (Å²) in [5.41, 5.74) is 1.63. The lowest BCUT2D eigenvalue weighted by Gasteiger charge is -2.14. The van der Waals surface area contributed by atoms with E-state index in [4.69, 9.17) is 4.74 Å². The molecule has 0 bridgehead atoms. The molecule has 2 N–H and O–H groups in total. The Labute approximate surface area is 152 Å². The fourth-order valence-corrected chi connectivity index (χ4v) is 3.81. The number of carbonyl (C=O) groups is 1. The molecule has 1 atom stereocenters. The van der Waals surface area contributed by atoms with Crippen LogP contribution in [0.2, 0.25) is 0 Å². The van der Waals surface area contributed by atoms with E-state index in [1.54, 1.807) is 11.8 Å². The number of rotatable bonds is 5.